The highest BCUT2D eigenvalue weighted by Crippen LogP contribution is 2.35. The van der Waals surface area contributed by atoms with Gasteiger partial charge in [-0.2, -0.15) is 0 Å². The molecule has 1 aliphatic rings. The molecule has 1 aromatic heterocycles. The minimum absolute atomic E-state index is 0.266. The predicted molar refractivity (Wildman–Crippen MR) is 73.6 cm³/mol. The van der Waals surface area contributed by atoms with Crippen molar-refractivity contribution in [2.45, 2.75) is 32.2 Å². The Morgan fingerprint density at radius 1 is 1.32 bits per heavy atom. The van der Waals surface area contributed by atoms with Crippen molar-refractivity contribution in [1.82, 2.24) is 9.55 Å². The molecule has 0 amide bonds. The van der Waals surface area contributed by atoms with Crippen molar-refractivity contribution >= 4 is 0 Å². The number of hydrogen-bond donors (Lipinski definition) is 1. The third-order valence-corrected chi connectivity index (χ3v) is 3.84. The fourth-order valence-corrected chi connectivity index (χ4v) is 2.71. The van der Waals surface area contributed by atoms with Crippen LogP contribution in [0.3, 0.4) is 0 Å². The molecule has 0 radical (unpaired) electrons. The molecule has 0 saturated heterocycles. The molecule has 4 nitrogen and oxygen atoms in total. The highest BCUT2D eigenvalue weighted by molar-refractivity contribution is 5.39. The van der Waals surface area contributed by atoms with Crippen LogP contribution in [0.1, 0.15) is 29.5 Å². The molecule has 1 atom stereocenters. The summed E-state index contributed by atoms with van der Waals surface area (Å²) in [5.41, 5.74) is 2.76. The minimum atomic E-state index is -0.313. The van der Waals surface area contributed by atoms with Gasteiger partial charge in [0.25, 0.3) is 5.56 Å². The van der Waals surface area contributed by atoms with E-state index in [1.54, 1.807) is 10.8 Å². The summed E-state index contributed by atoms with van der Waals surface area (Å²) in [5.74, 6) is 0.379. The van der Waals surface area contributed by atoms with E-state index in [1.165, 1.54) is 11.1 Å². The van der Waals surface area contributed by atoms with E-state index in [9.17, 15) is 9.59 Å². The standard InChI is InChI=1S/C15H16N2O2/c1-2-10-8-17(15(19)16-14(10)18)9-12-7-11-5-3-4-6-13(11)12/h3-6,8,12H,2,7,9H2,1H3,(H,16,18,19). The quantitative estimate of drug-likeness (QED) is 0.903. The smallest absolute Gasteiger partial charge is 0.300 e. The van der Waals surface area contributed by atoms with Gasteiger partial charge in [0, 0.05) is 24.2 Å². The molecule has 0 spiro atoms. The summed E-state index contributed by atoms with van der Waals surface area (Å²) in [6, 6.07) is 8.30. The van der Waals surface area contributed by atoms with Crippen molar-refractivity contribution in [3.63, 3.8) is 0 Å². The molecule has 2 aromatic rings. The van der Waals surface area contributed by atoms with Gasteiger partial charge in [-0.25, -0.2) is 4.79 Å². The molecule has 1 unspecified atom stereocenters. The van der Waals surface area contributed by atoms with Crippen LogP contribution >= 0.6 is 0 Å². The van der Waals surface area contributed by atoms with Crippen LogP contribution in [0.2, 0.25) is 0 Å². The topological polar surface area (TPSA) is 54.9 Å². The van der Waals surface area contributed by atoms with Crippen LogP contribution in [-0.4, -0.2) is 9.55 Å². The van der Waals surface area contributed by atoms with Crippen LogP contribution in [0.4, 0.5) is 0 Å². The number of hydrogen-bond acceptors (Lipinski definition) is 2. The number of aryl methyl sites for hydroxylation is 1. The number of nitrogens with one attached hydrogen (secondary N) is 1. The fraction of sp³-hybridized carbons (Fsp3) is 0.333. The Labute approximate surface area is 110 Å². The molecule has 0 fully saturated rings. The summed E-state index contributed by atoms with van der Waals surface area (Å²) < 4.78 is 1.63. The highest BCUT2D eigenvalue weighted by Gasteiger charge is 2.25. The maximum absolute atomic E-state index is 11.8. The summed E-state index contributed by atoms with van der Waals surface area (Å²) >= 11 is 0. The average Bonchev–Trinajstić information content (AvgIpc) is 2.38. The molecule has 1 heterocycles. The second kappa shape index (κ2) is 4.53. The van der Waals surface area contributed by atoms with Crippen molar-refractivity contribution in [1.29, 1.82) is 0 Å². The van der Waals surface area contributed by atoms with Gasteiger partial charge in [0.2, 0.25) is 0 Å². The van der Waals surface area contributed by atoms with E-state index >= 15 is 0 Å². The first kappa shape index (κ1) is 12.0. The first-order chi connectivity index (χ1) is 9.19. The lowest BCUT2D eigenvalue weighted by molar-refractivity contribution is 0.489. The zero-order valence-electron chi connectivity index (χ0n) is 10.8. The van der Waals surface area contributed by atoms with E-state index in [4.69, 9.17) is 0 Å². The van der Waals surface area contributed by atoms with Crippen LogP contribution in [-0.2, 0) is 19.4 Å². The lowest BCUT2D eigenvalue weighted by atomic mass is 9.77. The van der Waals surface area contributed by atoms with E-state index < -0.39 is 0 Å². The van der Waals surface area contributed by atoms with Crippen molar-refractivity contribution in [3.8, 4) is 0 Å². The monoisotopic (exact) mass is 256 g/mol. The zero-order chi connectivity index (χ0) is 13.4. The number of H-pyrrole nitrogens is 1. The Bertz CT molecular complexity index is 727. The Morgan fingerprint density at radius 2 is 2.11 bits per heavy atom. The Kier molecular flexibility index (Phi) is 2.85. The molecule has 1 N–H and O–H groups in total. The summed E-state index contributed by atoms with van der Waals surface area (Å²) in [6.07, 6.45) is 3.34. The van der Waals surface area contributed by atoms with E-state index in [0.717, 1.165) is 6.42 Å². The SMILES string of the molecule is CCc1cn(CC2Cc3ccccc32)c(=O)[nH]c1=O. The van der Waals surface area contributed by atoms with Crippen molar-refractivity contribution in [3.05, 3.63) is 68.0 Å². The molecule has 98 valence electrons. The van der Waals surface area contributed by atoms with Crippen molar-refractivity contribution in [2.75, 3.05) is 0 Å². The number of rotatable bonds is 3. The highest BCUT2D eigenvalue weighted by atomic mass is 16.2. The van der Waals surface area contributed by atoms with Gasteiger partial charge in [-0.05, 0) is 24.0 Å². The number of benzene rings is 1. The van der Waals surface area contributed by atoms with Gasteiger partial charge in [-0.15, -0.1) is 0 Å². The summed E-state index contributed by atoms with van der Waals surface area (Å²) in [5, 5.41) is 0. The van der Waals surface area contributed by atoms with Crippen LogP contribution in [0.5, 0.6) is 0 Å². The van der Waals surface area contributed by atoms with Crippen molar-refractivity contribution < 1.29 is 0 Å². The Morgan fingerprint density at radius 3 is 2.84 bits per heavy atom. The third-order valence-electron chi connectivity index (χ3n) is 3.84. The predicted octanol–water partition coefficient (Wildman–Crippen LogP) is 1.44. The Hall–Kier alpha value is -2.10. The average molecular weight is 256 g/mol. The molecule has 0 saturated carbocycles. The van der Waals surface area contributed by atoms with E-state index in [2.05, 4.69) is 17.1 Å². The molecule has 3 rings (SSSR count). The zero-order valence-corrected chi connectivity index (χ0v) is 10.8. The Balaban J connectivity index is 1.90. The number of aromatic amines is 1. The van der Waals surface area contributed by atoms with Crippen LogP contribution in [0.15, 0.2) is 40.1 Å². The van der Waals surface area contributed by atoms with E-state index in [-0.39, 0.29) is 11.2 Å². The van der Waals surface area contributed by atoms with Gasteiger partial charge in [0.15, 0.2) is 0 Å². The number of fused-ring (bicyclic) bond motifs is 1. The summed E-state index contributed by atoms with van der Waals surface area (Å²) in [4.78, 5) is 25.7. The fourth-order valence-electron chi connectivity index (χ4n) is 2.71. The van der Waals surface area contributed by atoms with Gasteiger partial charge in [0.05, 0.1) is 0 Å². The number of aromatic nitrogens is 2. The molecule has 19 heavy (non-hydrogen) atoms. The maximum Gasteiger partial charge on any atom is 0.328 e. The normalized spacial score (nSPS) is 16.8. The summed E-state index contributed by atoms with van der Waals surface area (Å²) in [7, 11) is 0. The first-order valence-electron chi connectivity index (χ1n) is 6.59. The summed E-state index contributed by atoms with van der Waals surface area (Å²) in [6.45, 7) is 2.55. The molecule has 1 aliphatic carbocycles. The van der Waals surface area contributed by atoms with Gasteiger partial charge in [-0.3, -0.25) is 14.3 Å². The molecular weight excluding hydrogens is 240 g/mol. The largest absolute Gasteiger partial charge is 0.328 e. The molecule has 4 heteroatoms. The third kappa shape index (κ3) is 2.03. The van der Waals surface area contributed by atoms with Gasteiger partial charge < -0.3 is 0 Å². The first-order valence-corrected chi connectivity index (χ1v) is 6.59. The lowest BCUT2D eigenvalue weighted by Crippen LogP contribution is -2.34. The van der Waals surface area contributed by atoms with Crippen LogP contribution in [0.25, 0.3) is 0 Å². The van der Waals surface area contributed by atoms with Crippen molar-refractivity contribution in [2.24, 2.45) is 0 Å². The number of nitrogens with zero attached hydrogens (tertiary/aromatic N) is 1. The minimum Gasteiger partial charge on any atom is -0.300 e. The van der Waals surface area contributed by atoms with E-state index in [0.29, 0.717) is 24.4 Å². The molecular formula is C15H16N2O2. The molecule has 0 aliphatic heterocycles. The second-order valence-corrected chi connectivity index (χ2v) is 5.02. The lowest BCUT2D eigenvalue weighted by Gasteiger charge is -2.30. The molecule has 1 aromatic carbocycles. The van der Waals surface area contributed by atoms with Gasteiger partial charge in [0.1, 0.15) is 0 Å². The molecule has 0 bridgehead atoms. The van der Waals surface area contributed by atoms with Crippen LogP contribution in [0, 0.1) is 0 Å². The van der Waals surface area contributed by atoms with Gasteiger partial charge >= 0.3 is 5.69 Å². The van der Waals surface area contributed by atoms with Gasteiger partial charge in [-0.1, -0.05) is 31.2 Å². The second-order valence-electron chi connectivity index (χ2n) is 5.02. The van der Waals surface area contributed by atoms with E-state index in [1.807, 2.05) is 19.1 Å². The van der Waals surface area contributed by atoms with Crippen LogP contribution < -0.4 is 11.2 Å². The maximum atomic E-state index is 11.8.